The molecule has 0 bridgehead atoms. The monoisotopic (exact) mass is 349 g/mol. The first kappa shape index (κ1) is 16.8. The first-order valence-electron chi connectivity index (χ1n) is 7.51. The largest absolute Gasteiger partial charge is 0.333 e. The molecule has 0 unspecified atom stereocenters. The van der Waals surface area contributed by atoms with Gasteiger partial charge in [-0.05, 0) is 36.4 Å². The third-order valence-electron chi connectivity index (χ3n) is 3.78. The minimum absolute atomic E-state index is 0.0859. The first-order chi connectivity index (χ1) is 11.9. The smallest absolute Gasteiger partial charge is 0.319 e. The van der Waals surface area contributed by atoms with Crippen LogP contribution in [0.2, 0.25) is 0 Å². The molecule has 0 aromatic heterocycles. The predicted octanol–water partition coefficient (Wildman–Crippen LogP) is 3.03. The predicted molar refractivity (Wildman–Crippen MR) is 85.7 cm³/mol. The molecule has 2 aromatic rings. The summed E-state index contributed by atoms with van der Waals surface area (Å²) in [5, 5.41) is 4.98. The van der Waals surface area contributed by atoms with Gasteiger partial charge in [0.25, 0.3) is 0 Å². The van der Waals surface area contributed by atoms with Crippen molar-refractivity contribution in [2.75, 3.05) is 16.8 Å². The standard InChI is InChI=1S/C17H14F3N3O2/c18-10-1-4-13(5-2-10)23-9-12(8-16(23)24)22-17(25)21-11-3-6-14(19)15(20)7-11/h1-7,12H,8-9H2,(H2,21,22,25)/t12-/m0/s1. The molecule has 0 spiro atoms. The molecule has 1 atom stereocenters. The van der Waals surface area contributed by atoms with Crippen molar-refractivity contribution in [3.63, 3.8) is 0 Å². The van der Waals surface area contributed by atoms with Crippen LogP contribution in [-0.4, -0.2) is 24.5 Å². The van der Waals surface area contributed by atoms with Gasteiger partial charge in [-0.2, -0.15) is 0 Å². The molecule has 25 heavy (non-hydrogen) atoms. The van der Waals surface area contributed by atoms with Crippen molar-refractivity contribution in [1.29, 1.82) is 0 Å². The van der Waals surface area contributed by atoms with Crippen LogP contribution in [0.1, 0.15) is 6.42 Å². The summed E-state index contributed by atoms with van der Waals surface area (Å²) in [7, 11) is 0. The van der Waals surface area contributed by atoms with Crippen LogP contribution in [0, 0.1) is 17.5 Å². The highest BCUT2D eigenvalue weighted by atomic mass is 19.2. The molecular formula is C17H14F3N3O2. The van der Waals surface area contributed by atoms with Gasteiger partial charge in [-0.25, -0.2) is 18.0 Å². The van der Waals surface area contributed by atoms with E-state index in [-0.39, 0.29) is 24.6 Å². The quantitative estimate of drug-likeness (QED) is 0.895. The van der Waals surface area contributed by atoms with Gasteiger partial charge < -0.3 is 15.5 Å². The highest BCUT2D eigenvalue weighted by molar-refractivity contribution is 5.97. The van der Waals surface area contributed by atoms with Crippen molar-refractivity contribution < 1.29 is 22.8 Å². The van der Waals surface area contributed by atoms with Crippen molar-refractivity contribution in [2.45, 2.75) is 12.5 Å². The lowest BCUT2D eigenvalue weighted by molar-refractivity contribution is -0.117. The van der Waals surface area contributed by atoms with E-state index in [9.17, 15) is 22.8 Å². The number of carbonyl (C=O) groups excluding carboxylic acids is 2. The Balaban J connectivity index is 1.60. The van der Waals surface area contributed by atoms with Crippen molar-refractivity contribution in [1.82, 2.24) is 5.32 Å². The summed E-state index contributed by atoms with van der Waals surface area (Å²) < 4.78 is 39.0. The topological polar surface area (TPSA) is 61.4 Å². The van der Waals surface area contributed by atoms with E-state index in [4.69, 9.17) is 0 Å². The van der Waals surface area contributed by atoms with Gasteiger partial charge in [0, 0.05) is 30.4 Å². The maximum absolute atomic E-state index is 13.1. The minimum Gasteiger partial charge on any atom is -0.333 e. The highest BCUT2D eigenvalue weighted by Gasteiger charge is 2.31. The van der Waals surface area contributed by atoms with Gasteiger partial charge in [-0.1, -0.05) is 0 Å². The molecule has 130 valence electrons. The zero-order chi connectivity index (χ0) is 18.0. The Morgan fingerprint density at radius 3 is 2.44 bits per heavy atom. The molecule has 8 heteroatoms. The van der Waals surface area contributed by atoms with Gasteiger partial charge in [0.1, 0.15) is 5.82 Å². The molecule has 0 aliphatic carbocycles. The van der Waals surface area contributed by atoms with Gasteiger partial charge in [0.15, 0.2) is 11.6 Å². The van der Waals surface area contributed by atoms with Crippen LogP contribution >= 0.6 is 0 Å². The molecule has 1 aliphatic rings. The number of nitrogens with one attached hydrogen (secondary N) is 2. The summed E-state index contributed by atoms with van der Waals surface area (Å²) in [5.41, 5.74) is 0.632. The fourth-order valence-corrected chi connectivity index (χ4v) is 2.60. The van der Waals surface area contributed by atoms with Crippen LogP contribution in [0.25, 0.3) is 0 Å². The summed E-state index contributed by atoms with van der Waals surface area (Å²) in [4.78, 5) is 25.4. The third kappa shape index (κ3) is 3.90. The second kappa shape index (κ2) is 6.84. The number of halogens is 3. The summed E-state index contributed by atoms with van der Waals surface area (Å²) >= 11 is 0. The van der Waals surface area contributed by atoms with E-state index in [2.05, 4.69) is 10.6 Å². The molecule has 0 saturated carbocycles. The summed E-state index contributed by atoms with van der Waals surface area (Å²) in [6.07, 6.45) is 0.0859. The van der Waals surface area contributed by atoms with E-state index >= 15 is 0 Å². The Kier molecular flexibility index (Phi) is 4.60. The number of rotatable bonds is 3. The number of carbonyl (C=O) groups is 2. The van der Waals surface area contributed by atoms with E-state index in [0.29, 0.717) is 5.69 Å². The Bertz CT molecular complexity index is 811. The summed E-state index contributed by atoms with van der Waals surface area (Å²) in [5.74, 6) is -2.70. The van der Waals surface area contributed by atoms with Gasteiger partial charge >= 0.3 is 6.03 Å². The molecule has 2 N–H and O–H groups in total. The summed E-state index contributed by atoms with van der Waals surface area (Å²) in [6.45, 7) is 0.232. The Morgan fingerprint density at radius 1 is 1.04 bits per heavy atom. The van der Waals surface area contributed by atoms with Crippen LogP contribution in [0.15, 0.2) is 42.5 Å². The first-order valence-corrected chi connectivity index (χ1v) is 7.51. The molecular weight excluding hydrogens is 335 g/mol. The SMILES string of the molecule is O=C(Nc1ccc(F)c(F)c1)N[C@H]1CC(=O)N(c2ccc(F)cc2)C1. The number of urea groups is 1. The van der Waals surface area contributed by atoms with Crippen molar-refractivity contribution in [2.24, 2.45) is 0 Å². The van der Waals surface area contributed by atoms with Crippen molar-refractivity contribution >= 4 is 23.3 Å². The van der Waals surface area contributed by atoms with Crippen molar-refractivity contribution in [3.05, 3.63) is 59.9 Å². The van der Waals surface area contributed by atoms with Crippen LogP contribution in [0.3, 0.4) is 0 Å². The average molecular weight is 349 g/mol. The van der Waals surface area contributed by atoms with E-state index in [1.165, 1.54) is 35.2 Å². The van der Waals surface area contributed by atoms with Gasteiger partial charge in [0.2, 0.25) is 5.91 Å². The summed E-state index contributed by atoms with van der Waals surface area (Å²) in [6, 6.07) is 7.36. The number of nitrogens with zero attached hydrogens (tertiary/aromatic N) is 1. The van der Waals surface area contributed by atoms with E-state index in [1.54, 1.807) is 0 Å². The zero-order valence-corrected chi connectivity index (χ0v) is 12.9. The average Bonchev–Trinajstić information content (AvgIpc) is 2.92. The van der Waals surface area contributed by atoms with E-state index in [1.807, 2.05) is 0 Å². The van der Waals surface area contributed by atoms with Gasteiger partial charge in [-0.3, -0.25) is 4.79 Å². The van der Waals surface area contributed by atoms with E-state index in [0.717, 1.165) is 12.1 Å². The lowest BCUT2D eigenvalue weighted by Crippen LogP contribution is -2.39. The molecule has 3 rings (SSSR count). The lowest BCUT2D eigenvalue weighted by atomic mass is 10.2. The van der Waals surface area contributed by atoms with Gasteiger partial charge in [-0.15, -0.1) is 0 Å². The Hall–Kier alpha value is -3.03. The normalized spacial score (nSPS) is 16.8. The molecule has 5 nitrogen and oxygen atoms in total. The van der Waals surface area contributed by atoms with Crippen molar-refractivity contribution in [3.8, 4) is 0 Å². The fourth-order valence-electron chi connectivity index (χ4n) is 2.60. The van der Waals surface area contributed by atoms with Crippen LogP contribution < -0.4 is 15.5 Å². The van der Waals surface area contributed by atoms with Gasteiger partial charge in [0.05, 0.1) is 6.04 Å². The van der Waals surface area contributed by atoms with E-state index < -0.39 is 29.5 Å². The molecule has 2 aromatic carbocycles. The molecule has 1 fully saturated rings. The number of anilines is 2. The molecule has 0 radical (unpaired) electrons. The molecule has 1 aliphatic heterocycles. The van der Waals surface area contributed by atoms with Crippen LogP contribution in [0.5, 0.6) is 0 Å². The lowest BCUT2D eigenvalue weighted by Gasteiger charge is -2.17. The number of hydrogen-bond acceptors (Lipinski definition) is 2. The minimum atomic E-state index is -1.07. The fraction of sp³-hybridized carbons (Fsp3) is 0.176. The Labute approximate surface area is 141 Å². The Morgan fingerprint density at radius 2 is 1.76 bits per heavy atom. The number of amides is 3. The number of hydrogen-bond donors (Lipinski definition) is 2. The molecule has 3 amide bonds. The second-order valence-electron chi connectivity index (χ2n) is 5.61. The second-order valence-corrected chi connectivity index (χ2v) is 5.61. The maximum Gasteiger partial charge on any atom is 0.319 e. The highest BCUT2D eigenvalue weighted by Crippen LogP contribution is 2.22. The molecule has 1 saturated heterocycles. The van der Waals surface area contributed by atoms with Crippen LogP contribution in [0.4, 0.5) is 29.3 Å². The maximum atomic E-state index is 13.1. The number of benzene rings is 2. The van der Waals surface area contributed by atoms with Crippen LogP contribution in [-0.2, 0) is 4.79 Å². The zero-order valence-electron chi connectivity index (χ0n) is 12.9. The third-order valence-corrected chi connectivity index (χ3v) is 3.78. The molecule has 1 heterocycles.